The third kappa shape index (κ3) is 4.19. The smallest absolute Gasteiger partial charge is 0.307 e. The number of hydrogen-bond donors (Lipinski definition) is 2. The SMILES string of the molecule is Cc1c(-c2ccc(Br)cc2)[nH]c2ccc(Oc3c(Cl)cc(CC(=O)O)cc3Cl)cc12. The zero-order chi connectivity index (χ0) is 21.4. The molecule has 30 heavy (non-hydrogen) atoms. The molecule has 4 rings (SSSR count). The minimum atomic E-state index is -0.953. The van der Waals surface area contributed by atoms with Gasteiger partial charge in [-0.3, -0.25) is 4.79 Å². The van der Waals surface area contributed by atoms with E-state index in [9.17, 15) is 4.79 Å². The average Bonchev–Trinajstić information content (AvgIpc) is 3.01. The van der Waals surface area contributed by atoms with Gasteiger partial charge in [0, 0.05) is 21.1 Å². The van der Waals surface area contributed by atoms with Crippen LogP contribution in [-0.2, 0) is 11.2 Å². The number of carbonyl (C=O) groups is 1. The van der Waals surface area contributed by atoms with E-state index in [1.807, 2.05) is 30.3 Å². The predicted molar refractivity (Wildman–Crippen MR) is 124 cm³/mol. The normalized spacial score (nSPS) is 11.1. The molecule has 0 saturated carbocycles. The molecule has 0 spiro atoms. The fourth-order valence-electron chi connectivity index (χ4n) is 3.38. The van der Waals surface area contributed by atoms with E-state index < -0.39 is 5.97 Å². The largest absolute Gasteiger partial charge is 0.481 e. The van der Waals surface area contributed by atoms with Crippen LogP contribution in [0.2, 0.25) is 10.0 Å². The average molecular weight is 505 g/mol. The topological polar surface area (TPSA) is 62.3 Å². The Morgan fingerprint density at radius 2 is 1.73 bits per heavy atom. The van der Waals surface area contributed by atoms with E-state index in [1.165, 1.54) is 0 Å². The number of benzene rings is 3. The van der Waals surface area contributed by atoms with Crippen LogP contribution in [0.1, 0.15) is 11.1 Å². The van der Waals surface area contributed by atoms with Gasteiger partial charge in [-0.15, -0.1) is 0 Å². The number of carboxylic acid groups (broad SMARTS) is 1. The molecule has 1 heterocycles. The number of aryl methyl sites for hydroxylation is 1. The Kier molecular flexibility index (Phi) is 5.78. The van der Waals surface area contributed by atoms with Crippen LogP contribution in [0.3, 0.4) is 0 Å². The van der Waals surface area contributed by atoms with Crippen molar-refractivity contribution < 1.29 is 14.6 Å². The Bertz CT molecular complexity index is 1240. The Hall–Kier alpha value is -2.47. The number of hydrogen-bond acceptors (Lipinski definition) is 2. The van der Waals surface area contributed by atoms with Crippen molar-refractivity contribution in [3.8, 4) is 22.8 Å². The molecule has 0 radical (unpaired) electrons. The molecule has 0 unspecified atom stereocenters. The predicted octanol–water partition coefficient (Wildman–Crippen LogP) is 7.63. The van der Waals surface area contributed by atoms with E-state index in [1.54, 1.807) is 12.1 Å². The minimum absolute atomic E-state index is 0.160. The van der Waals surface area contributed by atoms with Crippen LogP contribution in [0.15, 0.2) is 59.1 Å². The van der Waals surface area contributed by atoms with E-state index in [4.69, 9.17) is 33.0 Å². The first kappa shape index (κ1) is 20.8. The summed E-state index contributed by atoms with van der Waals surface area (Å²) < 4.78 is 6.99. The van der Waals surface area contributed by atoms with Gasteiger partial charge in [0.1, 0.15) is 5.75 Å². The number of aromatic nitrogens is 1. The lowest BCUT2D eigenvalue weighted by Gasteiger charge is -2.11. The lowest BCUT2D eigenvalue weighted by atomic mass is 10.1. The van der Waals surface area contributed by atoms with Gasteiger partial charge in [0.05, 0.1) is 16.5 Å². The van der Waals surface area contributed by atoms with Crippen LogP contribution in [0.4, 0.5) is 0 Å². The molecule has 3 aromatic carbocycles. The highest BCUT2D eigenvalue weighted by molar-refractivity contribution is 9.10. The van der Waals surface area contributed by atoms with Gasteiger partial charge >= 0.3 is 5.97 Å². The van der Waals surface area contributed by atoms with Crippen molar-refractivity contribution >= 4 is 56.0 Å². The Morgan fingerprint density at radius 1 is 1.07 bits per heavy atom. The Labute approximate surface area is 191 Å². The number of halogens is 3. The van der Waals surface area contributed by atoms with Gasteiger partial charge in [0.2, 0.25) is 0 Å². The molecule has 0 aliphatic carbocycles. The van der Waals surface area contributed by atoms with Crippen molar-refractivity contribution in [1.82, 2.24) is 4.98 Å². The number of carboxylic acids is 1. The number of aromatic amines is 1. The van der Waals surface area contributed by atoms with E-state index in [-0.39, 0.29) is 16.5 Å². The second kappa shape index (κ2) is 8.34. The van der Waals surface area contributed by atoms with Gasteiger partial charge in [0.25, 0.3) is 0 Å². The molecule has 2 N–H and O–H groups in total. The lowest BCUT2D eigenvalue weighted by molar-refractivity contribution is -0.136. The number of H-pyrrole nitrogens is 1. The minimum Gasteiger partial charge on any atom is -0.481 e. The van der Waals surface area contributed by atoms with Crippen molar-refractivity contribution in [3.63, 3.8) is 0 Å². The molecule has 1 aromatic heterocycles. The maximum Gasteiger partial charge on any atom is 0.307 e. The van der Waals surface area contributed by atoms with Gasteiger partial charge in [-0.25, -0.2) is 0 Å². The molecule has 7 heteroatoms. The number of aliphatic carboxylic acids is 1. The molecular formula is C23H16BrCl2NO3. The first-order valence-corrected chi connectivity index (χ1v) is 10.6. The van der Waals surface area contributed by atoms with E-state index in [0.717, 1.165) is 32.2 Å². The zero-order valence-electron chi connectivity index (χ0n) is 15.8. The molecule has 0 aliphatic heterocycles. The molecule has 0 amide bonds. The quantitative estimate of drug-likeness (QED) is 0.293. The maximum atomic E-state index is 10.9. The van der Waals surface area contributed by atoms with Crippen LogP contribution >= 0.6 is 39.1 Å². The van der Waals surface area contributed by atoms with Crippen molar-refractivity contribution in [2.24, 2.45) is 0 Å². The fraction of sp³-hybridized carbons (Fsp3) is 0.0870. The van der Waals surface area contributed by atoms with Crippen LogP contribution in [0.25, 0.3) is 22.2 Å². The third-order valence-corrected chi connectivity index (χ3v) is 5.89. The van der Waals surface area contributed by atoms with Gasteiger partial charge in [-0.2, -0.15) is 0 Å². The summed E-state index contributed by atoms with van der Waals surface area (Å²) in [6.45, 7) is 2.06. The van der Waals surface area contributed by atoms with Gasteiger partial charge < -0.3 is 14.8 Å². The summed E-state index contributed by atoms with van der Waals surface area (Å²) in [5.74, 6) is -0.0688. The number of ether oxygens (including phenoxy) is 1. The summed E-state index contributed by atoms with van der Waals surface area (Å²) >= 11 is 16.1. The third-order valence-electron chi connectivity index (χ3n) is 4.80. The number of rotatable bonds is 5. The van der Waals surface area contributed by atoms with E-state index in [2.05, 4.69) is 40.0 Å². The molecule has 152 valence electrons. The van der Waals surface area contributed by atoms with E-state index >= 15 is 0 Å². The monoisotopic (exact) mass is 503 g/mol. The molecule has 0 bridgehead atoms. The molecule has 0 saturated heterocycles. The molecule has 4 nitrogen and oxygen atoms in total. The van der Waals surface area contributed by atoms with Crippen molar-refractivity contribution in [2.45, 2.75) is 13.3 Å². The molecule has 0 aliphatic rings. The number of nitrogens with one attached hydrogen (secondary N) is 1. The summed E-state index contributed by atoms with van der Waals surface area (Å²) in [5, 5.41) is 10.5. The summed E-state index contributed by atoms with van der Waals surface area (Å²) in [6.07, 6.45) is -0.160. The zero-order valence-corrected chi connectivity index (χ0v) is 18.9. The Balaban J connectivity index is 1.68. The summed E-state index contributed by atoms with van der Waals surface area (Å²) in [4.78, 5) is 14.4. The van der Waals surface area contributed by atoms with Crippen LogP contribution < -0.4 is 4.74 Å². The van der Waals surface area contributed by atoms with Gasteiger partial charge in [-0.1, -0.05) is 51.3 Å². The number of fused-ring (bicyclic) bond motifs is 1. The second-order valence-electron chi connectivity index (χ2n) is 6.90. The highest BCUT2D eigenvalue weighted by Crippen LogP contribution is 2.39. The first-order chi connectivity index (χ1) is 14.3. The van der Waals surface area contributed by atoms with Gasteiger partial charge in [-0.05, 0) is 66.1 Å². The fourth-order valence-corrected chi connectivity index (χ4v) is 4.25. The summed E-state index contributed by atoms with van der Waals surface area (Å²) in [5.41, 5.74) is 4.75. The van der Waals surface area contributed by atoms with Crippen molar-refractivity contribution in [2.75, 3.05) is 0 Å². The highest BCUT2D eigenvalue weighted by Gasteiger charge is 2.15. The Morgan fingerprint density at radius 3 is 2.37 bits per heavy atom. The van der Waals surface area contributed by atoms with Crippen molar-refractivity contribution in [3.05, 3.63) is 80.2 Å². The molecule has 0 atom stereocenters. The lowest BCUT2D eigenvalue weighted by Crippen LogP contribution is -2.00. The van der Waals surface area contributed by atoms with Crippen molar-refractivity contribution in [1.29, 1.82) is 0 Å². The van der Waals surface area contributed by atoms with Crippen LogP contribution in [-0.4, -0.2) is 16.1 Å². The second-order valence-corrected chi connectivity index (χ2v) is 8.63. The standard InChI is InChI=1S/C23H16BrCl2NO3/c1-12-17-11-16(30-23-18(25)8-13(9-19(23)26)10-21(28)29)6-7-20(17)27-22(12)14-2-4-15(24)5-3-14/h2-9,11,27H,10H2,1H3,(H,28,29). The maximum absolute atomic E-state index is 10.9. The highest BCUT2D eigenvalue weighted by atomic mass is 79.9. The summed E-state index contributed by atoms with van der Waals surface area (Å²) in [7, 11) is 0. The van der Waals surface area contributed by atoms with E-state index in [0.29, 0.717) is 17.1 Å². The van der Waals surface area contributed by atoms with Crippen LogP contribution in [0, 0.1) is 6.92 Å². The van der Waals surface area contributed by atoms with Gasteiger partial charge in [0.15, 0.2) is 5.75 Å². The summed E-state index contributed by atoms with van der Waals surface area (Å²) in [6, 6.07) is 16.9. The molecular weight excluding hydrogens is 489 g/mol. The first-order valence-electron chi connectivity index (χ1n) is 9.07. The molecule has 4 aromatic rings. The molecule has 0 fully saturated rings. The van der Waals surface area contributed by atoms with Crippen LogP contribution in [0.5, 0.6) is 11.5 Å².